The molecule has 0 unspecified atom stereocenters. The molecule has 1 heterocycles. The van der Waals surface area contributed by atoms with Crippen LogP contribution < -0.4 is 10.1 Å². The van der Waals surface area contributed by atoms with Crippen LogP contribution in [0.4, 0.5) is 10.1 Å². The van der Waals surface area contributed by atoms with Gasteiger partial charge in [-0.1, -0.05) is 0 Å². The van der Waals surface area contributed by atoms with Crippen molar-refractivity contribution in [3.63, 3.8) is 0 Å². The van der Waals surface area contributed by atoms with Gasteiger partial charge in [0.1, 0.15) is 17.3 Å². The quantitative estimate of drug-likeness (QED) is 0.667. The summed E-state index contributed by atoms with van der Waals surface area (Å²) in [6, 6.07) is 15.4. The summed E-state index contributed by atoms with van der Waals surface area (Å²) in [5, 5.41) is 2.60. The first-order valence-electron chi connectivity index (χ1n) is 8.02. The third kappa shape index (κ3) is 4.72. The Kier molecular flexibility index (Phi) is 5.51. The number of methoxy groups -OCH3 is 1. The number of ether oxygens (including phenoxy) is 2. The Balaban J connectivity index is 1.54. The van der Waals surface area contributed by atoms with Gasteiger partial charge in [0.15, 0.2) is 6.61 Å². The Bertz CT molecular complexity index is 932. The fourth-order valence-corrected chi connectivity index (χ4v) is 2.29. The molecular weight excluding hydrogens is 353 g/mol. The van der Waals surface area contributed by atoms with Crippen LogP contribution in [0.15, 0.2) is 65.1 Å². The van der Waals surface area contributed by atoms with Gasteiger partial charge in [-0.15, -0.1) is 0 Å². The van der Waals surface area contributed by atoms with Gasteiger partial charge in [-0.3, -0.25) is 4.79 Å². The van der Waals surface area contributed by atoms with E-state index in [0.717, 1.165) is 0 Å². The van der Waals surface area contributed by atoms with Crippen molar-refractivity contribution in [1.29, 1.82) is 0 Å². The highest BCUT2D eigenvalue weighted by atomic mass is 19.1. The van der Waals surface area contributed by atoms with Crippen LogP contribution in [-0.4, -0.2) is 25.6 Å². The largest absolute Gasteiger partial charge is 0.497 e. The summed E-state index contributed by atoms with van der Waals surface area (Å²) in [6.07, 6.45) is 0. The van der Waals surface area contributed by atoms with Crippen molar-refractivity contribution in [2.75, 3.05) is 19.0 Å². The second-order valence-corrected chi connectivity index (χ2v) is 5.52. The smallest absolute Gasteiger partial charge is 0.374 e. The van der Waals surface area contributed by atoms with Crippen LogP contribution in [0.5, 0.6) is 5.75 Å². The first kappa shape index (κ1) is 18.2. The molecule has 0 radical (unpaired) electrons. The van der Waals surface area contributed by atoms with E-state index in [4.69, 9.17) is 13.9 Å². The van der Waals surface area contributed by atoms with E-state index >= 15 is 0 Å². The minimum absolute atomic E-state index is 0.0495. The van der Waals surface area contributed by atoms with Crippen LogP contribution in [0.25, 0.3) is 11.3 Å². The maximum atomic E-state index is 13.0. The zero-order valence-corrected chi connectivity index (χ0v) is 14.4. The van der Waals surface area contributed by atoms with Crippen molar-refractivity contribution >= 4 is 17.6 Å². The SMILES string of the molecule is COc1ccc(NC(=O)COC(=O)c2ccc(-c3ccc(F)cc3)o2)cc1. The summed E-state index contributed by atoms with van der Waals surface area (Å²) >= 11 is 0. The molecule has 7 heteroatoms. The van der Waals surface area contributed by atoms with Gasteiger partial charge in [0.25, 0.3) is 5.91 Å². The van der Waals surface area contributed by atoms with Gasteiger partial charge in [-0.2, -0.15) is 0 Å². The number of anilines is 1. The number of hydrogen-bond acceptors (Lipinski definition) is 5. The molecule has 0 saturated carbocycles. The molecule has 0 aliphatic carbocycles. The van der Waals surface area contributed by atoms with Crippen LogP contribution in [0, 0.1) is 5.82 Å². The number of carbonyl (C=O) groups excluding carboxylic acids is 2. The van der Waals surface area contributed by atoms with Crippen LogP contribution >= 0.6 is 0 Å². The van der Waals surface area contributed by atoms with Crippen LogP contribution in [0.3, 0.4) is 0 Å². The number of amides is 1. The molecule has 0 fully saturated rings. The number of benzene rings is 2. The summed E-state index contributed by atoms with van der Waals surface area (Å²) in [6.45, 7) is -0.461. The average molecular weight is 369 g/mol. The molecule has 0 aliphatic rings. The molecule has 3 rings (SSSR count). The Hall–Kier alpha value is -3.61. The maximum Gasteiger partial charge on any atom is 0.374 e. The number of hydrogen-bond donors (Lipinski definition) is 1. The Labute approximate surface area is 154 Å². The number of furan rings is 1. The monoisotopic (exact) mass is 369 g/mol. The van der Waals surface area contributed by atoms with E-state index < -0.39 is 18.5 Å². The minimum atomic E-state index is -0.770. The molecule has 27 heavy (non-hydrogen) atoms. The molecular formula is C20H16FNO5. The molecule has 0 aliphatic heterocycles. The average Bonchev–Trinajstić information content (AvgIpc) is 3.17. The van der Waals surface area contributed by atoms with Crippen molar-refractivity contribution in [3.8, 4) is 17.1 Å². The van der Waals surface area contributed by atoms with Crippen molar-refractivity contribution < 1.29 is 27.9 Å². The molecule has 1 aromatic heterocycles. The standard InChI is InChI=1S/C20H16FNO5/c1-25-16-8-6-15(7-9-16)22-19(23)12-26-20(24)18-11-10-17(27-18)13-2-4-14(21)5-3-13/h2-11H,12H2,1H3,(H,22,23). The molecule has 0 atom stereocenters. The second-order valence-electron chi connectivity index (χ2n) is 5.52. The minimum Gasteiger partial charge on any atom is -0.497 e. The third-order valence-corrected chi connectivity index (χ3v) is 3.64. The van der Waals surface area contributed by atoms with Gasteiger partial charge in [0, 0.05) is 11.3 Å². The number of esters is 1. The van der Waals surface area contributed by atoms with Gasteiger partial charge in [0.2, 0.25) is 5.76 Å². The van der Waals surface area contributed by atoms with Gasteiger partial charge in [0.05, 0.1) is 7.11 Å². The predicted molar refractivity (Wildman–Crippen MR) is 96.0 cm³/mol. The Morgan fingerprint density at radius 2 is 1.70 bits per heavy atom. The number of carbonyl (C=O) groups is 2. The fourth-order valence-electron chi connectivity index (χ4n) is 2.29. The highest BCUT2D eigenvalue weighted by Crippen LogP contribution is 2.23. The molecule has 1 N–H and O–H groups in total. The highest BCUT2D eigenvalue weighted by Gasteiger charge is 2.15. The van der Waals surface area contributed by atoms with E-state index in [1.54, 1.807) is 37.4 Å². The predicted octanol–water partition coefficient (Wildman–Crippen LogP) is 3.89. The van der Waals surface area contributed by atoms with E-state index in [2.05, 4.69) is 5.32 Å². The van der Waals surface area contributed by atoms with Crippen molar-refractivity contribution in [1.82, 2.24) is 0 Å². The third-order valence-electron chi connectivity index (χ3n) is 3.64. The highest BCUT2D eigenvalue weighted by molar-refractivity contribution is 5.94. The van der Waals surface area contributed by atoms with Gasteiger partial charge in [-0.05, 0) is 60.7 Å². The van der Waals surface area contributed by atoms with E-state index in [9.17, 15) is 14.0 Å². The summed E-state index contributed by atoms with van der Waals surface area (Å²) in [5.74, 6) is -0.620. The van der Waals surface area contributed by atoms with Crippen LogP contribution in [-0.2, 0) is 9.53 Å². The van der Waals surface area contributed by atoms with Gasteiger partial charge in [-0.25, -0.2) is 9.18 Å². The maximum absolute atomic E-state index is 13.0. The zero-order valence-electron chi connectivity index (χ0n) is 14.4. The number of halogens is 1. The number of rotatable bonds is 6. The second kappa shape index (κ2) is 8.18. The first-order chi connectivity index (χ1) is 13.0. The molecule has 2 aromatic carbocycles. The zero-order chi connectivity index (χ0) is 19.2. The van der Waals surface area contributed by atoms with Crippen molar-refractivity contribution in [2.45, 2.75) is 0 Å². The van der Waals surface area contributed by atoms with E-state index in [-0.39, 0.29) is 11.6 Å². The van der Waals surface area contributed by atoms with Gasteiger partial charge >= 0.3 is 5.97 Å². The summed E-state index contributed by atoms with van der Waals surface area (Å²) < 4.78 is 28.3. The van der Waals surface area contributed by atoms with Crippen LogP contribution in [0.2, 0.25) is 0 Å². The van der Waals surface area contributed by atoms with Crippen LogP contribution in [0.1, 0.15) is 10.6 Å². The molecule has 3 aromatic rings. The lowest BCUT2D eigenvalue weighted by atomic mass is 10.2. The normalized spacial score (nSPS) is 10.3. The lowest BCUT2D eigenvalue weighted by Gasteiger charge is -2.06. The van der Waals surface area contributed by atoms with E-state index in [1.165, 1.54) is 30.3 Å². The first-order valence-corrected chi connectivity index (χ1v) is 8.02. The topological polar surface area (TPSA) is 77.8 Å². The number of nitrogens with one attached hydrogen (secondary N) is 1. The summed E-state index contributed by atoms with van der Waals surface area (Å²) in [7, 11) is 1.54. The molecule has 0 spiro atoms. The molecule has 0 saturated heterocycles. The lowest BCUT2D eigenvalue weighted by Crippen LogP contribution is -2.20. The van der Waals surface area contributed by atoms with Crippen molar-refractivity contribution in [3.05, 3.63) is 72.2 Å². The molecule has 138 valence electrons. The van der Waals surface area contributed by atoms with E-state index in [1.807, 2.05) is 0 Å². The van der Waals surface area contributed by atoms with Crippen molar-refractivity contribution in [2.24, 2.45) is 0 Å². The lowest BCUT2D eigenvalue weighted by molar-refractivity contribution is -0.119. The fraction of sp³-hybridized carbons (Fsp3) is 0.100. The molecule has 0 bridgehead atoms. The Morgan fingerprint density at radius 3 is 2.37 bits per heavy atom. The van der Waals surface area contributed by atoms with E-state index in [0.29, 0.717) is 22.8 Å². The Morgan fingerprint density at radius 1 is 1.00 bits per heavy atom. The molecule has 1 amide bonds. The molecule has 6 nitrogen and oxygen atoms in total. The summed E-state index contributed by atoms with van der Waals surface area (Å²) in [4.78, 5) is 23.9. The van der Waals surface area contributed by atoms with Gasteiger partial charge < -0.3 is 19.2 Å². The summed E-state index contributed by atoms with van der Waals surface area (Å²) in [5.41, 5.74) is 1.17.